The van der Waals surface area contributed by atoms with Gasteiger partial charge in [-0.05, 0) is 267 Å². The van der Waals surface area contributed by atoms with Crippen LogP contribution in [0.2, 0.25) is 0 Å². The summed E-state index contributed by atoms with van der Waals surface area (Å²) < 4.78 is 0. The van der Waals surface area contributed by atoms with Crippen molar-refractivity contribution >= 4 is 0 Å². The summed E-state index contributed by atoms with van der Waals surface area (Å²) in [5, 5.41) is 38.6. The Labute approximate surface area is 498 Å². The fraction of sp³-hybridized carbons (Fsp3) is 1.00. The van der Waals surface area contributed by atoms with E-state index in [1.807, 2.05) is 0 Å². The second-order valence-electron chi connectivity index (χ2n) is 25.7. The van der Waals surface area contributed by atoms with Gasteiger partial charge in [-0.2, -0.15) is 0 Å². The topological polar surface area (TPSA) is 157 Å². The van der Waals surface area contributed by atoms with E-state index in [2.05, 4.69) is 160 Å². The number of piperazine rings is 1. The van der Waals surface area contributed by atoms with Crippen molar-refractivity contribution in [3.63, 3.8) is 0 Å². The molecule has 0 aromatic carbocycles. The van der Waals surface area contributed by atoms with Gasteiger partial charge in [-0.15, -0.1) is 0 Å². The van der Waals surface area contributed by atoms with Gasteiger partial charge in [0.15, 0.2) is 0 Å². The Morgan fingerprint density at radius 3 is 1.14 bits per heavy atom. The molecular weight excluding hydrogens is 993 g/mol. The maximum Gasteiger partial charge on any atom is 0.0542 e. The molecule has 11 aliphatic heterocycles. The molecule has 11 heterocycles. The lowest BCUT2D eigenvalue weighted by atomic mass is 10.0. The van der Waals surface area contributed by atoms with Crippen molar-refractivity contribution in [2.75, 3.05) is 179 Å². The third-order valence-corrected chi connectivity index (χ3v) is 16.7. The highest BCUT2D eigenvalue weighted by molar-refractivity contribution is 4.69. The Bertz CT molecular complexity index is 935. The van der Waals surface area contributed by atoms with Gasteiger partial charge in [-0.25, -0.2) is 5.01 Å². The van der Waals surface area contributed by atoms with Crippen LogP contribution >= 0.6 is 0 Å². The van der Waals surface area contributed by atoms with Gasteiger partial charge in [0.1, 0.15) is 0 Å². The predicted molar refractivity (Wildman–Crippen MR) is 352 cm³/mol. The zero-order valence-corrected chi connectivity index (χ0v) is 55.4. The normalized spacial score (nSPS) is 28.6. The van der Waals surface area contributed by atoms with E-state index in [4.69, 9.17) is 0 Å². The van der Waals surface area contributed by atoms with E-state index in [1.165, 1.54) is 265 Å². The van der Waals surface area contributed by atoms with Crippen LogP contribution in [0.4, 0.5) is 0 Å². The molecule has 5 atom stereocenters. The van der Waals surface area contributed by atoms with E-state index < -0.39 is 0 Å². The van der Waals surface area contributed by atoms with E-state index >= 15 is 0 Å². The fourth-order valence-corrected chi connectivity index (χ4v) is 10.6. The largest absolute Gasteiger partial charge is 0.317 e. The molecule has 5 unspecified atom stereocenters. The Balaban J connectivity index is 0.000000440. The average Bonchev–Trinajstić information content (AvgIpc) is 4.00. The molecule has 16 heteroatoms. The Morgan fingerprint density at radius 2 is 0.738 bits per heavy atom. The minimum absolute atomic E-state index is 0.536. The maximum atomic E-state index is 3.44. The molecule has 12 N–H and O–H groups in total. The molecule has 0 radical (unpaired) electrons. The first-order chi connectivity index (χ1) is 38.8. The monoisotopic (exact) mass is 1140 g/mol. The quantitative estimate of drug-likeness (QED) is 0.120. The van der Waals surface area contributed by atoms with Crippen molar-refractivity contribution < 1.29 is 0 Å². The van der Waals surface area contributed by atoms with Gasteiger partial charge in [0.05, 0.1) is 6.17 Å². The molecule has 11 saturated heterocycles. The molecule has 11 rings (SSSR count). The van der Waals surface area contributed by atoms with Crippen molar-refractivity contribution in [3.8, 4) is 0 Å². The standard InChI is InChI=1S/3C7H15N.3C6H13N.5C5H12N2/c1-7-4-2-3-5-8-6-7;1-8-6-4-2-3-5-7-8;1-7-5-3-2-4-6-8-7;1-6-2-4-7-5-3-6;1-6-3-2-4-7-5-6;1-6-4-2-3-5-7-6;1-7-4-2-6-3-5-7;1-5-2-3-6-4-7-5;1-7-4-2-3-6-5-7;1-7-5-3-2-4-6-7;1-5-6-3-2-4-7-5/h7-8H,2-6H2,1H3;2-7H2,1H3;7-8H,2-6H2,1H3;3*6-7H,2-5H2,1H3;6H,2-5H2,1H3;5-7H,2-4H2,1H3;2*6H,2-5H2,1H3;5-7H,2-4H2,1H3. The van der Waals surface area contributed by atoms with Gasteiger partial charge in [0.25, 0.3) is 0 Å². The SMILES string of the molecule is CC1CCCCCN1.CC1CCCCN1.CC1CCCCNC1.CC1CCCNC1.CC1CCNCC1.CC1CCNCN1.CC1NCCCN1.CN1CCCCCC1.CN1CCCCN1.CN1CCCNC1.CN1CCNCC1. The second kappa shape index (κ2) is 57.4. The van der Waals surface area contributed by atoms with E-state index in [1.54, 1.807) is 0 Å². The first-order valence-electron chi connectivity index (χ1n) is 34.2. The van der Waals surface area contributed by atoms with Crippen LogP contribution in [0.1, 0.15) is 196 Å². The number of nitrogens with zero attached hydrogens (tertiary/aromatic N) is 4. The van der Waals surface area contributed by atoms with Crippen molar-refractivity contribution in [3.05, 3.63) is 0 Å². The fourth-order valence-electron chi connectivity index (χ4n) is 10.6. The summed E-state index contributed by atoms with van der Waals surface area (Å²) in [5.41, 5.74) is 3.22. The predicted octanol–water partition coefficient (Wildman–Crippen LogP) is 7.02. The molecule has 0 aliphatic carbocycles. The number of hydrazine groups is 1. The lowest BCUT2D eigenvalue weighted by molar-refractivity contribution is 0.194. The summed E-state index contributed by atoms with van der Waals surface area (Å²) in [6.07, 6.45) is 32.3. The molecule has 480 valence electrons. The zero-order chi connectivity index (χ0) is 58.4. The van der Waals surface area contributed by atoms with Crippen molar-refractivity contribution in [2.45, 2.75) is 220 Å². The smallest absolute Gasteiger partial charge is 0.0542 e. The molecule has 80 heavy (non-hydrogen) atoms. The number of hydrogen-bond donors (Lipinski definition) is 12. The van der Waals surface area contributed by atoms with E-state index in [-0.39, 0.29) is 0 Å². The summed E-state index contributed by atoms with van der Waals surface area (Å²) in [4.78, 5) is 7.03. The summed E-state index contributed by atoms with van der Waals surface area (Å²) in [6, 6.07) is 2.28. The highest BCUT2D eigenvalue weighted by Gasteiger charge is 2.10. The average molecular weight is 1140 g/mol. The van der Waals surface area contributed by atoms with E-state index in [0.717, 1.165) is 68.9 Å². The Morgan fingerprint density at radius 1 is 0.275 bits per heavy atom. The first kappa shape index (κ1) is 77.4. The van der Waals surface area contributed by atoms with Gasteiger partial charge in [0, 0.05) is 84.3 Å². The minimum Gasteiger partial charge on any atom is -0.317 e. The number of likely N-dealkylation sites (tertiary alicyclic amines) is 1. The van der Waals surface area contributed by atoms with E-state index in [0.29, 0.717) is 6.17 Å². The van der Waals surface area contributed by atoms with Crippen LogP contribution in [-0.4, -0.2) is 223 Å². The van der Waals surface area contributed by atoms with Crippen LogP contribution in [0.25, 0.3) is 0 Å². The molecular formula is C64H144N16. The van der Waals surface area contributed by atoms with Crippen LogP contribution in [0.3, 0.4) is 0 Å². The lowest BCUT2D eigenvalue weighted by Crippen LogP contribution is -2.45. The Kier molecular flexibility index (Phi) is 55.5. The molecule has 0 aromatic heterocycles. The molecule has 0 aromatic rings. The number of piperidine rings is 3. The van der Waals surface area contributed by atoms with Crippen LogP contribution in [0.15, 0.2) is 0 Å². The molecule has 11 fully saturated rings. The van der Waals surface area contributed by atoms with E-state index in [9.17, 15) is 0 Å². The lowest BCUT2D eigenvalue weighted by Gasteiger charge is -2.22. The van der Waals surface area contributed by atoms with Crippen LogP contribution in [0.5, 0.6) is 0 Å². The highest BCUT2D eigenvalue weighted by atomic mass is 15.5. The van der Waals surface area contributed by atoms with Crippen molar-refractivity contribution in [1.82, 2.24) is 83.6 Å². The molecule has 0 spiro atoms. The highest BCUT2D eigenvalue weighted by Crippen LogP contribution is 2.11. The number of rotatable bonds is 0. The van der Waals surface area contributed by atoms with Crippen molar-refractivity contribution in [2.24, 2.45) is 17.8 Å². The van der Waals surface area contributed by atoms with Crippen LogP contribution in [-0.2, 0) is 0 Å². The molecule has 11 aliphatic rings. The van der Waals surface area contributed by atoms with Crippen LogP contribution < -0.4 is 63.9 Å². The minimum atomic E-state index is 0.536. The molecule has 0 saturated carbocycles. The van der Waals surface area contributed by atoms with Gasteiger partial charge in [0.2, 0.25) is 0 Å². The first-order valence-corrected chi connectivity index (χ1v) is 34.2. The van der Waals surface area contributed by atoms with Crippen LogP contribution in [0, 0.1) is 17.8 Å². The van der Waals surface area contributed by atoms with Gasteiger partial charge in [-0.1, -0.05) is 59.3 Å². The summed E-state index contributed by atoms with van der Waals surface area (Å²) in [6.45, 7) is 43.5. The maximum absolute atomic E-state index is 3.44. The molecule has 0 amide bonds. The molecule has 0 bridgehead atoms. The third kappa shape index (κ3) is 55.2. The summed E-state index contributed by atoms with van der Waals surface area (Å²) in [5.74, 6) is 2.81. The number of likely N-dealkylation sites (N-methyl/N-ethyl adjacent to an activating group) is 1. The van der Waals surface area contributed by atoms with Gasteiger partial charge < -0.3 is 68.3 Å². The number of hydrogen-bond acceptors (Lipinski definition) is 16. The summed E-state index contributed by atoms with van der Waals surface area (Å²) >= 11 is 0. The zero-order valence-electron chi connectivity index (χ0n) is 55.4. The Hall–Kier alpha value is -0.640. The molecule has 16 nitrogen and oxygen atoms in total. The van der Waals surface area contributed by atoms with Gasteiger partial charge in [-0.3, -0.25) is 10.3 Å². The van der Waals surface area contributed by atoms with Crippen molar-refractivity contribution in [1.29, 1.82) is 0 Å². The third-order valence-electron chi connectivity index (χ3n) is 16.7. The number of nitrogens with one attached hydrogen (secondary N) is 12. The summed E-state index contributed by atoms with van der Waals surface area (Å²) in [7, 11) is 8.58. The van der Waals surface area contributed by atoms with Gasteiger partial charge >= 0.3 is 0 Å². The second-order valence-corrected chi connectivity index (χ2v) is 25.7.